The molecule has 1 saturated heterocycles. The van der Waals surface area contributed by atoms with E-state index >= 15 is 0 Å². The van der Waals surface area contributed by atoms with Crippen LogP contribution >= 0.6 is 12.4 Å². The van der Waals surface area contributed by atoms with Gasteiger partial charge in [-0.05, 0) is 5.56 Å². The normalized spacial score (nSPS) is 23.8. The van der Waals surface area contributed by atoms with E-state index in [0.717, 1.165) is 31.5 Å². The number of methoxy groups -OCH3 is 1. The van der Waals surface area contributed by atoms with E-state index < -0.39 is 5.72 Å². The molecule has 1 atom stereocenters. The molecule has 5 heteroatoms. The fourth-order valence-electron chi connectivity index (χ4n) is 1.98. The van der Waals surface area contributed by atoms with Crippen LogP contribution in [0.1, 0.15) is 15.9 Å². The molecule has 1 aromatic carbocycles. The molecule has 1 fully saturated rings. The number of halogens is 1. The highest BCUT2D eigenvalue weighted by Gasteiger charge is 2.33. The van der Waals surface area contributed by atoms with Crippen molar-refractivity contribution in [3.8, 4) is 0 Å². The summed E-state index contributed by atoms with van der Waals surface area (Å²) in [4.78, 5) is 10.6. The van der Waals surface area contributed by atoms with Crippen molar-refractivity contribution in [1.29, 1.82) is 0 Å². The largest absolute Gasteiger partial charge is 0.358 e. The average Bonchev–Trinajstić information content (AvgIpc) is 2.39. The number of carbonyl (C=O) groups excluding carboxylic acids is 1. The molecule has 17 heavy (non-hydrogen) atoms. The lowest BCUT2D eigenvalue weighted by molar-refractivity contribution is -0.0536. The topological polar surface area (TPSA) is 50.4 Å². The first-order valence-electron chi connectivity index (χ1n) is 5.37. The van der Waals surface area contributed by atoms with Crippen LogP contribution in [0.5, 0.6) is 0 Å². The molecule has 0 aromatic heterocycles. The smallest absolute Gasteiger partial charge is 0.157 e. The van der Waals surface area contributed by atoms with Gasteiger partial charge in [-0.2, -0.15) is 0 Å². The van der Waals surface area contributed by atoms with Gasteiger partial charge in [0.2, 0.25) is 0 Å². The van der Waals surface area contributed by atoms with Crippen LogP contribution in [0.25, 0.3) is 0 Å². The Morgan fingerprint density at radius 2 is 2.00 bits per heavy atom. The van der Waals surface area contributed by atoms with Gasteiger partial charge in [-0.1, -0.05) is 24.3 Å². The molecule has 94 valence electrons. The fourth-order valence-corrected chi connectivity index (χ4v) is 1.98. The van der Waals surface area contributed by atoms with Gasteiger partial charge in [0.1, 0.15) is 6.29 Å². The zero-order valence-electron chi connectivity index (χ0n) is 9.73. The van der Waals surface area contributed by atoms with Gasteiger partial charge in [-0.3, -0.25) is 10.1 Å². The summed E-state index contributed by atoms with van der Waals surface area (Å²) in [6.45, 7) is 2.53. The first-order valence-corrected chi connectivity index (χ1v) is 5.37. The molecule has 0 spiro atoms. The monoisotopic (exact) mass is 256 g/mol. The Morgan fingerprint density at radius 1 is 1.29 bits per heavy atom. The highest BCUT2D eigenvalue weighted by Crippen LogP contribution is 2.22. The molecule has 1 aliphatic heterocycles. The lowest BCUT2D eigenvalue weighted by Gasteiger charge is -2.37. The second-order valence-electron chi connectivity index (χ2n) is 3.87. The molecule has 1 aromatic rings. The van der Waals surface area contributed by atoms with Crippen molar-refractivity contribution in [3.05, 3.63) is 35.4 Å². The molecule has 0 unspecified atom stereocenters. The summed E-state index contributed by atoms with van der Waals surface area (Å²) in [7, 11) is 1.69. The van der Waals surface area contributed by atoms with Crippen LogP contribution in [0.2, 0.25) is 0 Å². The molecule has 0 amide bonds. The molecule has 0 saturated carbocycles. The third-order valence-electron chi connectivity index (χ3n) is 2.95. The standard InChI is InChI=1S/C12H16N2O2.ClH/c1-16-12(9-13-6-7-14-12)11-4-2-10(8-15)3-5-11;/h2-5,8,13-14H,6-7,9H2,1H3;1H/t12-;/m1./s1. The van der Waals surface area contributed by atoms with Gasteiger partial charge in [0.05, 0.1) is 0 Å². The number of benzene rings is 1. The van der Waals surface area contributed by atoms with Crippen LogP contribution < -0.4 is 10.6 Å². The van der Waals surface area contributed by atoms with Crippen molar-refractivity contribution >= 4 is 18.7 Å². The predicted octanol–water partition coefficient (Wildman–Crippen LogP) is 0.913. The van der Waals surface area contributed by atoms with E-state index in [-0.39, 0.29) is 12.4 Å². The first kappa shape index (κ1) is 14.1. The predicted molar refractivity (Wildman–Crippen MR) is 68.6 cm³/mol. The van der Waals surface area contributed by atoms with Gasteiger partial charge >= 0.3 is 0 Å². The van der Waals surface area contributed by atoms with Gasteiger partial charge in [-0.25, -0.2) is 0 Å². The quantitative estimate of drug-likeness (QED) is 0.790. The Labute approximate surface area is 107 Å². The average molecular weight is 257 g/mol. The van der Waals surface area contributed by atoms with Crippen molar-refractivity contribution in [3.63, 3.8) is 0 Å². The van der Waals surface area contributed by atoms with Crippen LogP contribution in [-0.4, -0.2) is 33.0 Å². The Bertz CT molecular complexity index is 361. The minimum absolute atomic E-state index is 0. The fraction of sp³-hybridized carbons (Fsp3) is 0.417. The Morgan fingerprint density at radius 3 is 2.47 bits per heavy atom. The lowest BCUT2D eigenvalue weighted by Crippen LogP contribution is -2.57. The van der Waals surface area contributed by atoms with E-state index in [1.807, 2.05) is 12.1 Å². The van der Waals surface area contributed by atoms with Crippen LogP contribution in [0, 0.1) is 0 Å². The minimum atomic E-state index is -0.473. The maximum Gasteiger partial charge on any atom is 0.157 e. The van der Waals surface area contributed by atoms with Gasteiger partial charge < -0.3 is 10.1 Å². The second-order valence-corrected chi connectivity index (χ2v) is 3.87. The first-order chi connectivity index (χ1) is 7.80. The molecule has 4 nitrogen and oxygen atoms in total. The zero-order valence-corrected chi connectivity index (χ0v) is 10.5. The van der Waals surface area contributed by atoms with Crippen molar-refractivity contribution in [2.75, 3.05) is 26.7 Å². The second kappa shape index (κ2) is 6.12. The summed E-state index contributed by atoms with van der Waals surface area (Å²) in [5, 5.41) is 6.66. The van der Waals surface area contributed by atoms with Crippen LogP contribution in [0.15, 0.2) is 24.3 Å². The SMILES string of the molecule is CO[C@@]1(c2ccc(C=O)cc2)CNCCN1.Cl. The summed E-state index contributed by atoms with van der Waals surface area (Å²) in [5.74, 6) is 0. The van der Waals surface area contributed by atoms with E-state index in [1.165, 1.54) is 0 Å². The number of rotatable bonds is 3. The Hall–Kier alpha value is -0.940. The molecular weight excluding hydrogens is 240 g/mol. The van der Waals surface area contributed by atoms with Crippen molar-refractivity contribution in [1.82, 2.24) is 10.6 Å². The highest BCUT2D eigenvalue weighted by atomic mass is 35.5. The molecule has 1 aliphatic rings. The number of ether oxygens (including phenoxy) is 1. The molecule has 2 rings (SSSR count). The minimum Gasteiger partial charge on any atom is -0.358 e. The molecule has 0 bridgehead atoms. The van der Waals surface area contributed by atoms with Crippen LogP contribution in [-0.2, 0) is 10.5 Å². The Balaban J connectivity index is 0.00000144. The number of aldehydes is 1. The van der Waals surface area contributed by atoms with E-state index in [9.17, 15) is 4.79 Å². The molecule has 0 radical (unpaired) electrons. The summed E-state index contributed by atoms with van der Waals surface area (Å²) in [6, 6.07) is 7.46. The molecular formula is C12H17ClN2O2. The molecule has 0 aliphatic carbocycles. The molecule has 1 heterocycles. The van der Waals surface area contributed by atoms with Gasteiger partial charge in [0.15, 0.2) is 5.72 Å². The van der Waals surface area contributed by atoms with Crippen LogP contribution in [0.4, 0.5) is 0 Å². The van der Waals surface area contributed by atoms with E-state index in [2.05, 4.69) is 10.6 Å². The van der Waals surface area contributed by atoms with Crippen molar-refractivity contribution in [2.24, 2.45) is 0 Å². The third kappa shape index (κ3) is 2.84. The summed E-state index contributed by atoms with van der Waals surface area (Å²) >= 11 is 0. The zero-order chi connectivity index (χ0) is 11.4. The van der Waals surface area contributed by atoms with Gasteiger partial charge in [0.25, 0.3) is 0 Å². The Kier molecular flexibility index (Phi) is 5.08. The summed E-state index contributed by atoms with van der Waals surface area (Å²) in [6.07, 6.45) is 0.843. The van der Waals surface area contributed by atoms with Gasteiger partial charge in [-0.15, -0.1) is 12.4 Å². The van der Waals surface area contributed by atoms with Crippen LogP contribution in [0.3, 0.4) is 0 Å². The van der Waals surface area contributed by atoms with E-state index in [1.54, 1.807) is 19.2 Å². The molecule has 2 N–H and O–H groups in total. The maximum atomic E-state index is 10.6. The number of carbonyl (C=O) groups is 1. The van der Waals surface area contributed by atoms with Crippen molar-refractivity contribution < 1.29 is 9.53 Å². The van der Waals surface area contributed by atoms with Crippen molar-refractivity contribution in [2.45, 2.75) is 5.72 Å². The van der Waals surface area contributed by atoms with Gasteiger partial charge in [0, 0.05) is 32.3 Å². The summed E-state index contributed by atoms with van der Waals surface area (Å²) in [5.41, 5.74) is 1.24. The van der Waals surface area contributed by atoms with E-state index in [0.29, 0.717) is 5.56 Å². The third-order valence-corrected chi connectivity index (χ3v) is 2.95. The summed E-state index contributed by atoms with van der Waals surface area (Å²) < 4.78 is 5.58. The number of nitrogens with one attached hydrogen (secondary N) is 2. The highest BCUT2D eigenvalue weighted by molar-refractivity contribution is 5.85. The number of hydrogen-bond donors (Lipinski definition) is 2. The lowest BCUT2D eigenvalue weighted by atomic mass is 9.99. The number of hydrogen-bond acceptors (Lipinski definition) is 4. The van der Waals surface area contributed by atoms with E-state index in [4.69, 9.17) is 4.74 Å². The maximum absolute atomic E-state index is 10.6. The number of piperazine rings is 1.